The van der Waals surface area contributed by atoms with E-state index in [1.54, 1.807) is 44.6 Å². The molecule has 0 aliphatic heterocycles. The summed E-state index contributed by atoms with van der Waals surface area (Å²) in [6.45, 7) is 4.39. The molecule has 2 aromatic rings. The first-order valence-electron chi connectivity index (χ1n) is 8.57. The summed E-state index contributed by atoms with van der Waals surface area (Å²) < 4.78 is 10.5. The Morgan fingerprint density at radius 2 is 1.63 bits per heavy atom. The van der Waals surface area contributed by atoms with Gasteiger partial charge in [-0.2, -0.15) is 0 Å². The number of nitrogens with one attached hydrogen (secondary N) is 2. The molecule has 142 valence electrons. The molecular weight excluding hydrogens is 344 g/mol. The van der Waals surface area contributed by atoms with Crippen LogP contribution in [0, 0.1) is 0 Å². The van der Waals surface area contributed by atoms with Gasteiger partial charge < -0.3 is 20.1 Å². The highest BCUT2D eigenvalue weighted by molar-refractivity contribution is 5.99. The second-order valence-electron chi connectivity index (χ2n) is 5.77. The average Bonchev–Trinajstić information content (AvgIpc) is 2.71. The van der Waals surface area contributed by atoms with Crippen LogP contribution in [0.15, 0.2) is 55.1 Å². The molecule has 0 aliphatic carbocycles. The van der Waals surface area contributed by atoms with Crippen LogP contribution in [-0.4, -0.2) is 39.1 Å². The molecule has 2 N–H and O–H groups in total. The lowest BCUT2D eigenvalue weighted by atomic mass is 10.1. The van der Waals surface area contributed by atoms with E-state index in [1.165, 1.54) is 0 Å². The maximum Gasteiger partial charge on any atom is 0.251 e. The summed E-state index contributed by atoms with van der Waals surface area (Å²) >= 11 is 0. The van der Waals surface area contributed by atoms with Gasteiger partial charge in [-0.1, -0.05) is 18.2 Å². The van der Waals surface area contributed by atoms with Gasteiger partial charge in [0.25, 0.3) is 11.8 Å². The zero-order valence-corrected chi connectivity index (χ0v) is 15.6. The Morgan fingerprint density at radius 1 is 0.963 bits per heavy atom. The van der Waals surface area contributed by atoms with Crippen LogP contribution in [0.3, 0.4) is 0 Å². The van der Waals surface area contributed by atoms with Crippen LogP contribution in [0.2, 0.25) is 0 Å². The van der Waals surface area contributed by atoms with Crippen molar-refractivity contribution >= 4 is 11.8 Å². The van der Waals surface area contributed by atoms with E-state index >= 15 is 0 Å². The van der Waals surface area contributed by atoms with Crippen molar-refractivity contribution in [2.24, 2.45) is 0 Å². The van der Waals surface area contributed by atoms with Crippen LogP contribution >= 0.6 is 0 Å². The third kappa shape index (κ3) is 5.60. The minimum Gasteiger partial charge on any atom is -0.493 e. The van der Waals surface area contributed by atoms with Crippen LogP contribution in [0.5, 0.6) is 11.5 Å². The van der Waals surface area contributed by atoms with Gasteiger partial charge in [0.2, 0.25) is 0 Å². The molecule has 2 aromatic carbocycles. The van der Waals surface area contributed by atoms with E-state index in [9.17, 15) is 9.59 Å². The maximum atomic E-state index is 12.3. The normalized spacial score (nSPS) is 10.0. The summed E-state index contributed by atoms with van der Waals surface area (Å²) in [7, 11) is 3.17. The van der Waals surface area contributed by atoms with Gasteiger partial charge in [0.05, 0.1) is 14.2 Å². The highest BCUT2D eigenvalue weighted by Crippen LogP contribution is 2.27. The first kappa shape index (κ1) is 20.0. The summed E-state index contributed by atoms with van der Waals surface area (Å²) in [6.07, 6.45) is 2.24. The third-order valence-corrected chi connectivity index (χ3v) is 3.94. The van der Waals surface area contributed by atoms with E-state index < -0.39 is 0 Å². The van der Waals surface area contributed by atoms with Crippen molar-refractivity contribution in [3.8, 4) is 11.5 Å². The van der Waals surface area contributed by atoms with Crippen molar-refractivity contribution in [3.05, 3.63) is 71.8 Å². The van der Waals surface area contributed by atoms with Gasteiger partial charge in [0, 0.05) is 24.2 Å². The second kappa shape index (κ2) is 10.0. The first-order valence-corrected chi connectivity index (χ1v) is 8.57. The van der Waals surface area contributed by atoms with E-state index in [1.807, 2.05) is 18.2 Å². The molecule has 2 amide bonds. The largest absolute Gasteiger partial charge is 0.493 e. The summed E-state index contributed by atoms with van der Waals surface area (Å²) in [5.41, 5.74) is 1.89. The molecule has 0 saturated carbocycles. The number of hydrogen-bond donors (Lipinski definition) is 2. The summed E-state index contributed by atoms with van der Waals surface area (Å²) in [5.74, 6) is 0.847. The lowest BCUT2D eigenvalue weighted by Gasteiger charge is -2.10. The molecule has 0 atom stereocenters. The minimum atomic E-state index is -0.241. The van der Waals surface area contributed by atoms with Crippen molar-refractivity contribution in [2.45, 2.75) is 6.42 Å². The Morgan fingerprint density at radius 3 is 2.26 bits per heavy atom. The third-order valence-electron chi connectivity index (χ3n) is 3.94. The summed E-state index contributed by atoms with van der Waals surface area (Å²) in [6, 6.07) is 12.3. The number of benzene rings is 2. The topological polar surface area (TPSA) is 76.7 Å². The Bertz CT molecular complexity index is 818. The van der Waals surface area contributed by atoms with Crippen LogP contribution in [-0.2, 0) is 6.42 Å². The van der Waals surface area contributed by atoms with Gasteiger partial charge in [0.15, 0.2) is 11.5 Å². The summed E-state index contributed by atoms with van der Waals surface area (Å²) in [4.78, 5) is 24.3. The summed E-state index contributed by atoms with van der Waals surface area (Å²) in [5, 5.41) is 5.55. The molecule has 2 rings (SSSR count). The van der Waals surface area contributed by atoms with Crippen molar-refractivity contribution < 1.29 is 19.1 Å². The van der Waals surface area contributed by atoms with Gasteiger partial charge in [-0.15, -0.1) is 6.58 Å². The molecule has 0 radical (unpaired) electrons. The van der Waals surface area contributed by atoms with E-state index in [0.29, 0.717) is 42.1 Å². The molecule has 27 heavy (non-hydrogen) atoms. The molecule has 0 spiro atoms. The number of hydrogen-bond acceptors (Lipinski definition) is 4. The lowest BCUT2D eigenvalue weighted by Crippen LogP contribution is -2.27. The molecule has 0 saturated heterocycles. The van der Waals surface area contributed by atoms with E-state index in [0.717, 1.165) is 5.56 Å². The number of ether oxygens (including phenoxy) is 2. The fourth-order valence-corrected chi connectivity index (χ4v) is 2.53. The van der Waals surface area contributed by atoms with Gasteiger partial charge >= 0.3 is 0 Å². The minimum absolute atomic E-state index is 0.228. The maximum absolute atomic E-state index is 12.3. The van der Waals surface area contributed by atoms with E-state index in [-0.39, 0.29) is 11.8 Å². The van der Waals surface area contributed by atoms with Gasteiger partial charge in [-0.05, 0) is 42.3 Å². The fraction of sp³-hybridized carbons (Fsp3) is 0.238. The molecule has 6 heteroatoms. The standard InChI is InChI=1S/C21H24N2O4/c1-4-11-22-20(24)16-6-5-7-17(14-16)21(25)23-12-10-15-8-9-18(26-2)19(13-15)27-3/h4-9,13-14H,1,10-12H2,2-3H3,(H,22,24)(H,23,25). The second-order valence-corrected chi connectivity index (χ2v) is 5.77. The van der Waals surface area contributed by atoms with Gasteiger partial charge in [0.1, 0.15) is 0 Å². The molecule has 0 bridgehead atoms. The average molecular weight is 368 g/mol. The smallest absolute Gasteiger partial charge is 0.251 e. The van der Waals surface area contributed by atoms with Gasteiger partial charge in [-0.25, -0.2) is 0 Å². The van der Waals surface area contributed by atoms with E-state index in [4.69, 9.17) is 9.47 Å². The monoisotopic (exact) mass is 368 g/mol. The first-order chi connectivity index (χ1) is 13.1. The molecule has 0 aromatic heterocycles. The van der Waals surface area contributed by atoms with Crippen molar-refractivity contribution in [1.82, 2.24) is 10.6 Å². The van der Waals surface area contributed by atoms with Gasteiger partial charge in [-0.3, -0.25) is 9.59 Å². The SMILES string of the molecule is C=CCNC(=O)c1cccc(C(=O)NCCc2ccc(OC)c(OC)c2)c1. The number of rotatable bonds is 9. The highest BCUT2D eigenvalue weighted by Gasteiger charge is 2.10. The van der Waals surface area contributed by atoms with Crippen molar-refractivity contribution in [3.63, 3.8) is 0 Å². The zero-order valence-electron chi connectivity index (χ0n) is 15.6. The molecular formula is C21H24N2O4. The predicted octanol–water partition coefficient (Wildman–Crippen LogP) is 2.59. The number of methoxy groups -OCH3 is 2. The zero-order chi connectivity index (χ0) is 19.6. The van der Waals surface area contributed by atoms with Crippen LogP contribution in [0.1, 0.15) is 26.3 Å². The number of carbonyl (C=O) groups excluding carboxylic acids is 2. The Balaban J connectivity index is 1.94. The molecule has 0 aliphatic rings. The Kier molecular flexibility index (Phi) is 7.43. The Hall–Kier alpha value is -3.28. The van der Waals surface area contributed by atoms with Crippen LogP contribution in [0.25, 0.3) is 0 Å². The highest BCUT2D eigenvalue weighted by atomic mass is 16.5. The van der Waals surface area contributed by atoms with Crippen molar-refractivity contribution in [1.29, 1.82) is 0 Å². The quantitative estimate of drug-likeness (QED) is 0.667. The molecule has 0 heterocycles. The lowest BCUT2D eigenvalue weighted by molar-refractivity contribution is 0.0954. The predicted molar refractivity (Wildman–Crippen MR) is 105 cm³/mol. The fourth-order valence-electron chi connectivity index (χ4n) is 2.53. The van der Waals surface area contributed by atoms with Crippen LogP contribution < -0.4 is 20.1 Å². The van der Waals surface area contributed by atoms with Crippen molar-refractivity contribution in [2.75, 3.05) is 27.3 Å². The van der Waals surface area contributed by atoms with Crippen LogP contribution in [0.4, 0.5) is 0 Å². The number of carbonyl (C=O) groups is 2. The molecule has 0 fully saturated rings. The molecule has 6 nitrogen and oxygen atoms in total. The van der Waals surface area contributed by atoms with E-state index in [2.05, 4.69) is 17.2 Å². The number of amides is 2. The molecule has 0 unspecified atom stereocenters. The Labute approximate surface area is 159 Å².